The number of amides is 1. The lowest BCUT2D eigenvalue weighted by Gasteiger charge is -2.35. The van der Waals surface area contributed by atoms with Crippen molar-refractivity contribution in [3.05, 3.63) is 82.9 Å². The van der Waals surface area contributed by atoms with Crippen molar-refractivity contribution in [3.8, 4) is 11.5 Å². The molecule has 4 rings (SSSR count). The van der Waals surface area contributed by atoms with Crippen molar-refractivity contribution in [2.45, 2.75) is 24.5 Å². The second-order valence-electron chi connectivity index (χ2n) is 7.63. The van der Waals surface area contributed by atoms with E-state index in [1.165, 1.54) is 10.4 Å². The van der Waals surface area contributed by atoms with Gasteiger partial charge in [0.2, 0.25) is 0 Å². The van der Waals surface area contributed by atoms with Gasteiger partial charge in [-0.3, -0.25) is 9.10 Å². The van der Waals surface area contributed by atoms with E-state index < -0.39 is 22.0 Å². The number of aryl methyl sites for hydroxylation is 1. The smallest absolute Gasteiger partial charge is 0.264 e. The zero-order chi connectivity index (χ0) is 23.6. The predicted octanol–water partition coefficient (Wildman–Crippen LogP) is 3.93. The molecule has 0 spiro atoms. The Hall–Kier alpha value is -3.23. The molecule has 1 atom stereocenters. The summed E-state index contributed by atoms with van der Waals surface area (Å²) in [6, 6.07) is 18.5. The van der Waals surface area contributed by atoms with Crippen molar-refractivity contribution in [2.24, 2.45) is 0 Å². The van der Waals surface area contributed by atoms with Crippen molar-refractivity contribution >= 4 is 33.2 Å². The van der Waals surface area contributed by atoms with Gasteiger partial charge in [-0.1, -0.05) is 41.4 Å². The largest absolute Gasteiger partial charge is 0.497 e. The van der Waals surface area contributed by atoms with Gasteiger partial charge in [0.05, 0.1) is 24.2 Å². The molecule has 0 radical (unpaired) electrons. The normalized spacial score (nSPS) is 15.4. The Bertz CT molecular complexity index is 1260. The van der Waals surface area contributed by atoms with E-state index in [0.29, 0.717) is 16.5 Å². The summed E-state index contributed by atoms with van der Waals surface area (Å²) in [7, 11) is -2.37. The van der Waals surface area contributed by atoms with E-state index in [9.17, 15) is 13.2 Å². The van der Waals surface area contributed by atoms with Gasteiger partial charge in [-0.2, -0.15) is 0 Å². The number of carbonyl (C=O) groups excluding carboxylic acids is 1. The number of hydrogen-bond donors (Lipinski definition) is 1. The first kappa shape index (κ1) is 22.9. The third kappa shape index (κ3) is 4.91. The first-order valence-corrected chi connectivity index (χ1v) is 12.1. The Morgan fingerprint density at radius 3 is 2.48 bits per heavy atom. The third-order valence-corrected chi connectivity index (χ3v) is 7.35. The molecule has 0 saturated heterocycles. The average molecular weight is 487 g/mol. The van der Waals surface area contributed by atoms with Crippen LogP contribution >= 0.6 is 11.6 Å². The van der Waals surface area contributed by atoms with Crippen molar-refractivity contribution in [2.75, 3.05) is 18.0 Å². The molecule has 172 valence electrons. The summed E-state index contributed by atoms with van der Waals surface area (Å²) in [5.41, 5.74) is 2.11. The Kier molecular flexibility index (Phi) is 6.49. The summed E-state index contributed by atoms with van der Waals surface area (Å²) < 4.78 is 39.1. The molecule has 3 aromatic carbocycles. The highest BCUT2D eigenvalue weighted by molar-refractivity contribution is 7.92. The predicted molar refractivity (Wildman–Crippen MR) is 126 cm³/mol. The van der Waals surface area contributed by atoms with Gasteiger partial charge in [-0.25, -0.2) is 8.42 Å². The minimum atomic E-state index is -3.95. The van der Waals surface area contributed by atoms with Gasteiger partial charge < -0.3 is 14.8 Å². The Morgan fingerprint density at radius 1 is 1.12 bits per heavy atom. The monoisotopic (exact) mass is 486 g/mol. The van der Waals surface area contributed by atoms with Gasteiger partial charge in [-0.05, 0) is 55.0 Å². The maximum absolute atomic E-state index is 13.5. The lowest BCUT2D eigenvalue weighted by molar-refractivity contribution is -0.127. The lowest BCUT2D eigenvalue weighted by Crippen LogP contribution is -2.50. The third-order valence-electron chi connectivity index (χ3n) is 5.32. The molecule has 0 aliphatic carbocycles. The number of nitrogens with zero attached hydrogens (tertiary/aromatic N) is 1. The molecule has 0 fully saturated rings. The van der Waals surface area contributed by atoms with E-state index in [2.05, 4.69) is 5.32 Å². The van der Waals surface area contributed by atoms with E-state index >= 15 is 0 Å². The van der Waals surface area contributed by atoms with E-state index in [0.717, 1.165) is 11.1 Å². The van der Waals surface area contributed by atoms with Crippen LogP contribution in [-0.4, -0.2) is 34.1 Å². The molecule has 9 heteroatoms. The Morgan fingerprint density at radius 2 is 1.82 bits per heavy atom. The standard InChI is InChI=1S/C24H23ClN2O5S/c1-16-3-10-20(11-4-16)33(29,30)27-15-23(32-22-12-7-18(25)13-21(22)27)24(28)26-14-17-5-8-19(31-2)9-6-17/h3-13,23H,14-15H2,1-2H3,(H,26,28). The molecule has 3 aromatic rings. The topological polar surface area (TPSA) is 84.9 Å². The van der Waals surface area contributed by atoms with Crippen LogP contribution in [0.5, 0.6) is 11.5 Å². The number of ether oxygens (including phenoxy) is 2. The Labute approximate surface area is 197 Å². The van der Waals surface area contributed by atoms with E-state index in [4.69, 9.17) is 21.1 Å². The minimum Gasteiger partial charge on any atom is -0.497 e. The van der Waals surface area contributed by atoms with Crippen LogP contribution in [0.25, 0.3) is 0 Å². The number of sulfonamides is 1. The minimum absolute atomic E-state index is 0.123. The zero-order valence-corrected chi connectivity index (χ0v) is 19.7. The van der Waals surface area contributed by atoms with Gasteiger partial charge in [0, 0.05) is 11.6 Å². The summed E-state index contributed by atoms with van der Waals surface area (Å²) in [4.78, 5) is 13.0. The van der Waals surface area contributed by atoms with Crippen molar-refractivity contribution in [1.82, 2.24) is 5.32 Å². The molecule has 0 bridgehead atoms. The van der Waals surface area contributed by atoms with Crippen LogP contribution in [0.3, 0.4) is 0 Å². The fraction of sp³-hybridized carbons (Fsp3) is 0.208. The number of anilines is 1. The molecule has 7 nitrogen and oxygen atoms in total. The number of carbonyl (C=O) groups is 1. The first-order chi connectivity index (χ1) is 15.8. The zero-order valence-electron chi connectivity index (χ0n) is 18.1. The molecule has 1 aliphatic rings. The molecule has 1 N–H and O–H groups in total. The molecule has 0 aromatic heterocycles. The van der Waals surface area contributed by atoms with Gasteiger partial charge >= 0.3 is 0 Å². The average Bonchev–Trinajstić information content (AvgIpc) is 2.82. The number of fused-ring (bicyclic) bond motifs is 1. The van der Waals surface area contributed by atoms with E-state index in [-0.39, 0.29) is 23.7 Å². The molecule has 33 heavy (non-hydrogen) atoms. The van der Waals surface area contributed by atoms with Crippen molar-refractivity contribution in [3.63, 3.8) is 0 Å². The molecular formula is C24H23ClN2O5S. The van der Waals surface area contributed by atoms with E-state index in [1.807, 2.05) is 19.1 Å². The van der Waals surface area contributed by atoms with Crippen LogP contribution < -0.4 is 19.1 Å². The van der Waals surface area contributed by atoms with Crippen LogP contribution in [0.2, 0.25) is 5.02 Å². The molecule has 1 amide bonds. The van der Waals surface area contributed by atoms with Crippen molar-refractivity contribution < 1.29 is 22.7 Å². The number of hydrogen-bond acceptors (Lipinski definition) is 5. The lowest BCUT2D eigenvalue weighted by atomic mass is 10.2. The van der Waals surface area contributed by atoms with Crippen LogP contribution in [0.4, 0.5) is 5.69 Å². The number of halogens is 1. The molecule has 1 unspecified atom stereocenters. The summed E-state index contributed by atoms with van der Waals surface area (Å²) in [6.45, 7) is 1.96. The molecule has 0 saturated carbocycles. The number of rotatable bonds is 6. The Balaban J connectivity index is 1.59. The molecule has 1 aliphatic heterocycles. The number of methoxy groups -OCH3 is 1. The summed E-state index contributed by atoms with van der Waals surface area (Å²) in [5, 5.41) is 3.18. The summed E-state index contributed by atoms with van der Waals surface area (Å²) in [5.74, 6) is 0.564. The number of nitrogens with one attached hydrogen (secondary N) is 1. The maximum Gasteiger partial charge on any atom is 0.264 e. The van der Waals surface area contributed by atoms with Gasteiger partial charge in [0.25, 0.3) is 15.9 Å². The van der Waals surface area contributed by atoms with Gasteiger partial charge in [-0.15, -0.1) is 0 Å². The van der Waals surface area contributed by atoms with Crippen LogP contribution in [0.15, 0.2) is 71.6 Å². The molecular weight excluding hydrogens is 464 g/mol. The van der Waals surface area contributed by atoms with Crippen LogP contribution in [0.1, 0.15) is 11.1 Å². The fourth-order valence-corrected chi connectivity index (χ4v) is 5.11. The SMILES string of the molecule is COc1ccc(CNC(=O)C2CN(S(=O)(=O)c3ccc(C)cc3)c3cc(Cl)ccc3O2)cc1. The van der Waals surface area contributed by atoms with Crippen molar-refractivity contribution in [1.29, 1.82) is 0 Å². The summed E-state index contributed by atoms with van der Waals surface area (Å²) in [6.07, 6.45) is -1.03. The molecule has 1 heterocycles. The van der Waals surface area contributed by atoms with Crippen LogP contribution in [0, 0.1) is 6.92 Å². The van der Waals surface area contributed by atoms with Gasteiger partial charge in [0.15, 0.2) is 6.10 Å². The number of benzene rings is 3. The fourth-order valence-electron chi connectivity index (χ4n) is 3.47. The second-order valence-corrected chi connectivity index (χ2v) is 9.93. The highest BCUT2D eigenvalue weighted by Gasteiger charge is 2.37. The first-order valence-electron chi connectivity index (χ1n) is 10.2. The van der Waals surface area contributed by atoms with Gasteiger partial charge in [0.1, 0.15) is 11.5 Å². The van der Waals surface area contributed by atoms with Crippen LogP contribution in [-0.2, 0) is 21.4 Å². The highest BCUT2D eigenvalue weighted by atomic mass is 35.5. The maximum atomic E-state index is 13.5. The quantitative estimate of drug-likeness (QED) is 0.570. The second kappa shape index (κ2) is 9.33. The highest BCUT2D eigenvalue weighted by Crippen LogP contribution is 2.38. The van der Waals surface area contributed by atoms with E-state index in [1.54, 1.807) is 55.6 Å². The summed E-state index contributed by atoms with van der Waals surface area (Å²) >= 11 is 6.13.